The number of hydrogen-bond donors (Lipinski definition) is 1. The zero-order valence-electron chi connectivity index (χ0n) is 12.1. The molecule has 0 heterocycles. The summed E-state index contributed by atoms with van der Waals surface area (Å²) in [6.45, 7) is 7.98. The Labute approximate surface area is 116 Å². The minimum Gasteiger partial charge on any atom is -0.388 e. The molecule has 1 aromatic carbocycles. The molecule has 0 spiro atoms. The fraction of sp³-hybridized carbons (Fsp3) is 0.600. The highest BCUT2D eigenvalue weighted by Gasteiger charge is 2.34. The quantitative estimate of drug-likeness (QED) is 0.781. The third-order valence-electron chi connectivity index (χ3n) is 3.74. The molecule has 0 radical (unpaired) electrons. The van der Waals surface area contributed by atoms with Crippen molar-refractivity contribution in [3.8, 4) is 0 Å². The molecule has 20 heavy (non-hydrogen) atoms. The van der Waals surface area contributed by atoms with E-state index in [1.807, 2.05) is 27.7 Å². The number of alkyl halides is 3. The van der Waals surface area contributed by atoms with E-state index < -0.39 is 23.7 Å². The summed E-state index contributed by atoms with van der Waals surface area (Å²) in [4.78, 5) is 0. The molecule has 0 saturated heterocycles. The molecule has 0 saturated carbocycles. The maximum absolute atomic E-state index is 13.4. The lowest BCUT2D eigenvalue weighted by Crippen LogP contribution is -2.20. The molecule has 0 amide bonds. The van der Waals surface area contributed by atoms with Crippen LogP contribution < -0.4 is 0 Å². The summed E-state index contributed by atoms with van der Waals surface area (Å²) < 4.78 is 50.8. The molecule has 5 heteroatoms. The lowest BCUT2D eigenvalue weighted by atomic mass is 9.78. The lowest BCUT2D eigenvalue weighted by Gasteiger charge is -2.29. The molecular formula is C15H20F4O. The van der Waals surface area contributed by atoms with Gasteiger partial charge in [-0.2, -0.15) is 13.2 Å². The fourth-order valence-electron chi connectivity index (χ4n) is 1.79. The van der Waals surface area contributed by atoms with E-state index in [-0.39, 0.29) is 16.9 Å². The highest BCUT2D eigenvalue weighted by Crippen LogP contribution is 2.35. The molecule has 1 aromatic rings. The lowest BCUT2D eigenvalue weighted by molar-refractivity contribution is -0.140. The minimum atomic E-state index is -4.72. The molecule has 1 nitrogen and oxygen atoms in total. The van der Waals surface area contributed by atoms with Gasteiger partial charge in [-0.3, -0.25) is 0 Å². The van der Waals surface area contributed by atoms with Crippen molar-refractivity contribution in [2.45, 2.75) is 46.4 Å². The van der Waals surface area contributed by atoms with E-state index in [4.69, 9.17) is 0 Å². The summed E-state index contributed by atoms with van der Waals surface area (Å²) in [5.74, 6) is -1.21. The average Bonchev–Trinajstić information content (AvgIpc) is 2.25. The van der Waals surface area contributed by atoms with Gasteiger partial charge in [0.2, 0.25) is 0 Å². The van der Waals surface area contributed by atoms with Crippen LogP contribution in [0.5, 0.6) is 0 Å². The molecule has 0 fully saturated rings. The van der Waals surface area contributed by atoms with E-state index in [0.29, 0.717) is 12.5 Å². The minimum absolute atomic E-state index is 0.0363. The second kappa shape index (κ2) is 5.72. The van der Waals surface area contributed by atoms with E-state index in [9.17, 15) is 22.7 Å². The van der Waals surface area contributed by atoms with Crippen molar-refractivity contribution in [3.63, 3.8) is 0 Å². The van der Waals surface area contributed by atoms with Crippen LogP contribution in [0.3, 0.4) is 0 Å². The third kappa shape index (κ3) is 4.20. The highest BCUT2D eigenvalue weighted by molar-refractivity contribution is 5.27. The van der Waals surface area contributed by atoms with E-state index in [0.717, 1.165) is 12.1 Å². The van der Waals surface area contributed by atoms with Crippen LogP contribution >= 0.6 is 0 Å². The molecule has 0 aliphatic rings. The SMILES string of the molecule is CC(CC(O)c1ccc(C(F)(F)F)c(F)c1)C(C)(C)C. The van der Waals surface area contributed by atoms with Crippen LogP contribution in [-0.4, -0.2) is 5.11 Å². The summed E-state index contributed by atoms with van der Waals surface area (Å²) in [5.41, 5.74) is -1.17. The Bertz CT molecular complexity index is 460. The number of hydrogen-bond acceptors (Lipinski definition) is 1. The first-order chi connectivity index (χ1) is 8.93. The molecule has 2 unspecified atom stereocenters. The number of aliphatic hydroxyl groups excluding tert-OH is 1. The van der Waals surface area contributed by atoms with Crippen LogP contribution in [0.1, 0.15) is 51.3 Å². The highest BCUT2D eigenvalue weighted by atomic mass is 19.4. The molecule has 114 valence electrons. The Morgan fingerprint density at radius 1 is 1.15 bits per heavy atom. The molecule has 0 aliphatic heterocycles. The smallest absolute Gasteiger partial charge is 0.388 e. The summed E-state index contributed by atoms with van der Waals surface area (Å²) in [6.07, 6.45) is -5.32. The van der Waals surface area contributed by atoms with E-state index in [2.05, 4.69) is 0 Å². The van der Waals surface area contributed by atoms with Crippen molar-refractivity contribution in [2.24, 2.45) is 11.3 Å². The number of halogens is 4. The molecule has 0 aliphatic carbocycles. The standard InChI is InChI=1S/C15H20F4O/c1-9(14(2,3)4)7-13(20)10-5-6-11(12(16)8-10)15(17,18)19/h5-6,8-9,13,20H,7H2,1-4H3. The van der Waals surface area contributed by atoms with Crippen LogP contribution in [0.25, 0.3) is 0 Å². The van der Waals surface area contributed by atoms with Gasteiger partial charge < -0.3 is 5.11 Å². The van der Waals surface area contributed by atoms with Crippen molar-refractivity contribution in [1.82, 2.24) is 0 Å². The van der Waals surface area contributed by atoms with Crippen LogP contribution in [0.15, 0.2) is 18.2 Å². The van der Waals surface area contributed by atoms with E-state index >= 15 is 0 Å². The summed E-state index contributed by atoms with van der Waals surface area (Å²) in [5, 5.41) is 10.0. The van der Waals surface area contributed by atoms with Crippen molar-refractivity contribution in [1.29, 1.82) is 0 Å². The molecule has 2 atom stereocenters. The van der Waals surface area contributed by atoms with Crippen molar-refractivity contribution < 1.29 is 22.7 Å². The Hall–Kier alpha value is -1.10. The van der Waals surface area contributed by atoms with Crippen LogP contribution in [0, 0.1) is 17.2 Å². The van der Waals surface area contributed by atoms with Gasteiger partial charge in [0, 0.05) is 0 Å². The Kier molecular flexibility index (Phi) is 4.85. The summed E-state index contributed by atoms with van der Waals surface area (Å²) >= 11 is 0. The number of benzene rings is 1. The Morgan fingerprint density at radius 2 is 1.70 bits per heavy atom. The van der Waals surface area contributed by atoms with Gasteiger partial charge in [-0.25, -0.2) is 4.39 Å². The molecule has 0 aromatic heterocycles. The Morgan fingerprint density at radius 3 is 2.10 bits per heavy atom. The first kappa shape index (κ1) is 17.0. The third-order valence-corrected chi connectivity index (χ3v) is 3.74. The van der Waals surface area contributed by atoms with Gasteiger partial charge in [-0.1, -0.05) is 33.8 Å². The second-order valence-corrected chi connectivity index (χ2v) is 6.26. The molecule has 0 bridgehead atoms. The van der Waals surface area contributed by atoms with Gasteiger partial charge in [0.05, 0.1) is 11.7 Å². The molecule has 1 rings (SSSR count). The summed E-state index contributed by atoms with van der Waals surface area (Å²) in [7, 11) is 0. The van der Waals surface area contributed by atoms with Crippen molar-refractivity contribution in [2.75, 3.05) is 0 Å². The monoisotopic (exact) mass is 292 g/mol. The maximum atomic E-state index is 13.4. The van der Waals surface area contributed by atoms with Gasteiger partial charge >= 0.3 is 6.18 Å². The zero-order chi connectivity index (χ0) is 15.7. The zero-order valence-corrected chi connectivity index (χ0v) is 12.1. The fourth-order valence-corrected chi connectivity index (χ4v) is 1.79. The van der Waals surface area contributed by atoms with Crippen molar-refractivity contribution in [3.05, 3.63) is 35.1 Å². The number of aliphatic hydroxyl groups is 1. The predicted octanol–water partition coefficient (Wildman–Crippen LogP) is 4.95. The second-order valence-electron chi connectivity index (χ2n) is 6.26. The Balaban J connectivity index is 2.91. The summed E-state index contributed by atoms with van der Waals surface area (Å²) in [6, 6.07) is 2.57. The van der Waals surface area contributed by atoms with Gasteiger partial charge in [0.25, 0.3) is 0 Å². The van der Waals surface area contributed by atoms with Gasteiger partial charge in [0.1, 0.15) is 5.82 Å². The van der Waals surface area contributed by atoms with Gasteiger partial charge in [-0.15, -0.1) is 0 Å². The van der Waals surface area contributed by atoms with Crippen LogP contribution in [-0.2, 0) is 6.18 Å². The average molecular weight is 292 g/mol. The van der Waals surface area contributed by atoms with Crippen LogP contribution in [0.2, 0.25) is 0 Å². The van der Waals surface area contributed by atoms with E-state index in [1.54, 1.807) is 0 Å². The largest absolute Gasteiger partial charge is 0.419 e. The van der Waals surface area contributed by atoms with Gasteiger partial charge in [0.15, 0.2) is 0 Å². The molecule has 1 N–H and O–H groups in total. The molecular weight excluding hydrogens is 272 g/mol. The normalized spacial score (nSPS) is 16.1. The number of rotatable bonds is 3. The van der Waals surface area contributed by atoms with Crippen LogP contribution in [0.4, 0.5) is 17.6 Å². The maximum Gasteiger partial charge on any atom is 0.419 e. The van der Waals surface area contributed by atoms with E-state index in [1.165, 1.54) is 0 Å². The van der Waals surface area contributed by atoms with Crippen molar-refractivity contribution >= 4 is 0 Å². The topological polar surface area (TPSA) is 20.2 Å². The first-order valence-corrected chi connectivity index (χ1v) is 6.47. The predicted molar refractivity (Wildman–Crippen MR) is 69.6 cm³/mol. The first-order valence-electron chi connectivity index (χ1n) is 6.47. The van der Waals surface area contributed by atoms with Gasteiger partial charge in [-0.05, 0) is 35.4 Å².